The van der Waals surface area contributed by atoms with Crippen molar-refractivity contribution in [2.24, 2.45) is 5.41 Å². The molecule has 1 unspecified atom stereocenters. The quantitative estimate of drug-likeness (QED) is 0.829. The van der Waals surface area contributed by atoms with Gasteiger partial charge in [-0.15, -0.1) is 23.2 Å². The fourth-order valence-electron chi connectivity index (χ4n) is 1.61. The summed E-state index contributed by atoms with van der Waals surface area (Å²) >= 11 is 23.7. The van der Waals surface area contributed by atoms with E-state index in [1.54, 1.807) is 0 Å². The Labute approximate surface area is 133 Å². The molecular formula is C11H17Cl4N3O. The number of aliphatic hydroxyl groups is 1. The van der Waals surface area contributed by atoms with E-state index in [4.69, 9.17) is 46.4 Å². The molecule has 0 fully saturated rings. The van der Waals surface area contributed by atoms with E-state index in [1.165, 1.54) is 17.3 Å². The third-order valence-corrected chi connectivity index (χ3v) is 5.03. The van der Waals surface area contributed by atoms with Crippen molar-refractivity contribution in [3.8, 4) is 0 Å². The van der Waals surface area contributed by atoms with Crippen LogP contribution in [0, 0.1) is 5.41 Å². The molecule has 0 aliphatic heterocycles. The summed E-state index contributed by atoms with van der Waals surface area (Å²) in [6, 6.07) is 0. The Morgan fingerprint density at radius 1 is 1.26 bits per heavy atom. The summed E-state index contributed by atoms with van der Waals surface area (Å²) in [5.74, 6) is 0. The second-order valence-corrected chi connectivity index (χ2v) is 8.25. The van der Waals surface area contributed by atoms with Gasteiger partial charge in [0.2, 0.25) is 0 Å². The predicted molar refractivity (Wildman–Crippen MR) is 79.0 cm³/mol. The van der Waals surface area contributed by atoms with Gasteiger partial charge in [0.1, 0.15) is 17.5 Å². The predicted octanol–water partition coefficient (Wildman–Crippen LogP) is 3.42. The molecule has 1 rings (SSSR count). The molecule has 1 aromatic rings. The van der Waals surface area contributed by atoms with Gasteiger partial charge < -0.3 is 5.11 Å². The summed E-state index contributed by atoms with van der Waals surface area (Å²) < 4.78 is 0.0678. The molecule has 0 aliphatic carbocycles. The van der Waals surface area contributed by atoms with Gasteiger partial charge in [-0.3, -0.25) is 4.68 Å². The molecule has 0 aromatic carbocycles. The molecule has 4 nitrogen and oxygen atoms in total. The second-order valence-electron chi connectivity index (χ2n) is 5.61. The SMILES string of the molecule is CC(C)(C)C(O)(Cn1cncn1)CC(Cl)(Cl)C(Cl)Cl. The number of rotatable bonds is 5. The fourth-order valence-corrected chi connectivity index (χ4v) is 2.20. The highest BCUT2D eigenvalue weighted by Crippen LogP contribution is 2.45. The Bertz CT molecular complexity index is 403. The van der Waals surface area contributed by atoms with Crippen LogP contribution >= 0.6 is 46.4 Å². The molecule has 19 heavy (non-hydrogen) atoms. The van der Waals surface area contributed by atoms with E-state index < -0.39 is 20.2 Å². The zero-order valence-electron chi connectivity index (χ0n) is 10.9. The maximum atomic E-state index is 10.9. The minimum absolute atomic E-state index is 0.00410. The first kappa shape index (κ1) is 17.3. The summed E-state index contributed by atoms with van der Waals surface area (Å²) in [7, 11) is 0. The molecular weight excluding hydrogens is 332 g/mol. The molecule has 1 aromatic heterocycles. The van der Waals surface area contributed by atoms with Crippen LogP contribution < -0.4 is 0 Å². The monoisotopic (exact) mass is 347 g/mol. The number of halogens is 4. The fraction of sp³-hybridized carbons (Fsp3) is 0.818. The zero-order chi connectivity index (χ0) is 14.9. The van der Waals surface area contributed by atoms with Crippen molar-refractivity contribution < 1.29 is 5.11 Å². The lowest BCUT2D eigenvalue weighted by molar-refractivity contribution is -0.0819. The summed E-state index contributed by atoms with van der Waals surface area (Å²) in [5.41, 5.74) is -1.75. The second kappa shape index (κ2) is 5.94. The first-order valence-electron chi connectivity index (χ1n) is 5.69. The highest BCUT2D eigenvalue weighted by molar-refractivity contribution is 6.59. The van der Waals surface area contributed by atoms with Gasteiger partial charge in [-0.25, -0.2) is 4.98 Å². The smallest absolute Gasteiger partial charge is 0.151 e. The van der Waals surface area contributed by atoms with Crippen LogP contribution in [-0.2, 0) is 6.54 Å². The van der Waals surface area contributed by atoms with E-state index in [9.17, 15) is 5.11 Å². The van der Waals surface area contributed by atoms with Gasteiger partial charge in [-0.2, -0.15) is 5.10 Å². The molecule has 0 spiro atoms. The van der Waals surface area contributed by atoms with Crippen LogP contribution in [0.3, 0.4) is 0 Å². The largest absolute Gasteiger partial charge is 0.387 e. The molecule has 0 radical (unpaired) electrons. The Kier molecular flexibility index (Phi) is 5.41. The van der Waals surface area contributed by atoms with E-state index in [1.807, 2.05) is 20.8 Å². The minimum atomic E-state index is -1.45. The number of nitrogens with zero attached hydrogens (tertiary/aromatic N) is 3. The van der Waals surface area contributed by atoms with Crippen molar-refractivity contribution in [2.75, 3.05) is 0 Å². The van der Waals surface area contributed by atoms with Crippen molar-refractivity contribution >= 4 is 46.4 Å². The van der Waals surface area contributed by atoms with Crippen LogP contribution in [0.25, 0.3) is 0 Å². The van der Waals surface area contributed by atoms with Crippen LogP contribution in [0.5, 0.6) is 0 Å². The van der Waals surface area contributed by atoms with E-state index in [2.05, 4.69) is 10.1 Å². The van der Waals surface area contributed by atoms with Crippen LogP contribution in [-0.4, -0.2) is 34.6 Å². The number of hydrogen-bond donors (Lipinski definition) is 1. The van der Waals surface area contributed by atoms with Gasteiger partial charge in [0.15, 0.2) is 4.33 Å². The summed E-state index contributed by atoms with van der Waals surface area (Å²) in [6.45, 7) is 5.83. The Morgan fingerprint density at radius 2 is 1.84 bits per heavy atom. The zero-order valence-corrected chi connectivity index (χ0v) is 14.0. The van der Waals surface area contributed by atoms with E-state index in [0.717, 1.165) is 0 Å². The third-order valence-electron chi connectivity index (χ3n) is 3.13. The first-order chi connectivity index (χ1) is 8.48. The van der Waals surface area contributed by atoms with E-state index >= 15 is 0 Å². The maximum absolute atomic E-state index is 10.9. The average Bonchev–Trinajstić information content (AvgIpc) is 2.67. The van der Waals surface area contributed by atoms with Gasteiger partial charge in [-0.1, -0.05) is 44.0 Å². The first-order valence-corrected chi connectivity index (χ1v) is 7.32. The summed E-state index contributed by atoms with van der Waals surface area (Å²) in [5, 5.41) is 14.9. The number of hydrogen-bond acceptors (Lipinski definition) is 3. The Hall–Kier alpha value is 0.260. The van der Waals surface area contributed by atoms with Crippen molar-refractivity contribution in [3.63, 3.8) is 0 Å². The van der Waals surface area contributed by atoms with Crippen LogP contribution in [0.2, 0.25) is 0 Å². The standard InChI is InChI=1S/C11H17Cl4N3O/c1-9(2,3)10(19,4-11(14,15)8(12)13)5-18-7-16-6-17-18/h6-8,19H,4-5H2,1-3H3. The van der Waals surface area contributed by atoms with Gasteiger partial charge >= 0.3 is 0 Å². The molecule has 0 aliphatic rings. The van der Waals surface area contributed by atoms with Crippen LogP contribution in [0.1, 0.15) is 27.2 Å². The number of alkyl halides is 4. The molecule has 1 N–H and O–H groups in total. The number of aromatic nitrogens is 3. The maximum Gasteiger partial charge on any atom is 0.151 e. The van der Waals surface area contributed by atoms with Crippen LogP contribution in [0.15, 0.2) is 12.7 Å². The highest BCUT2D eigenvalue weighted by Gasteiger charge is 2.48. The van der Waals surface area contributed by atoms with E-state index in [0.29, 0.717) is 0 Å². The van der Waals surface area contributed by atoms with Crippen molar-refractivity contribution in [3.05, 3.63) is 12.7 Å². The van der Waals surface area contributed by atoms with Crippen molar-refractivity contribution in [1.82, 2.24) is 14.8 Å². The molecule has 1 atom stereocenters. The molecule has 0 saturated carbocycles. The Morgan fingerprint density at radius 3 is 2.21 bits per heavy atom. The van der Waals surface area contributed by atoms with Gasteiger partial charge in [0.25, 0.3) is 0 Å². The van der Waals surface area contributed by atoms with Crippen molar-refractivity contribution in [1.29, 1.82) is 0 Å². The van der Waals surface area contributed by atoms with Crippen LogP contribution in [0.4, 0.5) is 0 Å². The summed E-state index contributed by atoms with van der Waals surface area (Å²) in [6.07, 6.45) is 2.91. The lowest BCUT2D eigenvalue weighted by atomic mass is 9.73. The molecule has 0 amide bonds. The highest BCUT2D eigenvalue weighted by atomic mass is 35.5. The molecule has 110 valence electrons. The topological polar surface area (TPSA) is 50.9 Å². The average molecular weight is 349 g/mol. The lowest BCUT2D eigenvalue weighted by Gasteiger charge is -2.43. The minimum Gasteiger partial charge on any atom is -0.387 e. The third kappa shape index (κ3) is 4.36. The molecule has 8 heteroatoms. The van der Waals surface area contributed by atoms with E-state index in [-0.39, 0.29) is 13.0 Å². The van der Waals surface area contributed by atoms with Crippen molar-refractivity contribution in [2.45, 2.75) is 48.5 Å². The summed E-state index contributed by atoms with van der Waals surface area (Å²) in [4.78, 5) is 2.83. The van der Waals surface area contributed by atoms with Gasteiger partial charge in [0, 0.05) is 6.42 Å². The molecule has 0 bridgehead atoms. The molecule has 1 heterocycles. The van der Waals surface area contributed by atoms with Gasteiger partial charge in [0.05, 0.1) is 12.1 Å². The lowest BCUT2D eigenvalue weighted by Crippen LogP contribution is -2.51. The normalized spacial score (nSPS) is 16.7. The molecule has 0 saturated heterocycles. The van der Waals surface area contributed by atoms with Gasteiger partial charge in [-0.05, 0) is 5.41 Å². The Balaban J connectivity index is 3.01.